The number of ether oxygens (including phenoxy) is 1. The van der Waals surface area contributed by atoms with E-state index in [1.165, 1.54) is 12.1 Å². The maximum Gasteiger partial charge on any atom is 0.240 e. The Balaban J connectivity index is 1.99. The first-order valence-corrected chi connectivity index (χ1v) is 9.33. The molecule has 2 rings (SSSR count). The molecule has 0 aliphatic heterocycles. The molecule has 1 aromatic carbocycles. The summed E-state index contributed by atoms with van der Waals surface area (Å²) in [7, 11) is -1.95. The molecule has 0 heterocycles. The lowest BCUT2D eigenvalue weighted by atomic mass is 10.2. The molecule has 2 N–H and O–H groups in total. The molecule has 23 heavy (non-hydrogen) atoms. The molecule has 6 nitrogen and oxygen atoms in total. The molecule has 1 atom stereocenters. The number of anilines is 1. The van der Waals surface area contributed by atoms with Crippen LogP contribution >= 0.6 is 0 Å². The van der Waals surface area contributed by atoms with Gasteiger partial charge in [0.2, 0.25) is 15.9 Å². The fraction of sp³-hybridized carbons (Fsp3) is 0.562. The normalized spacial score (nSPS) is 17.1. The van der Waals surface area contributed by atoms with Crippen molar-refractivity contribution in [1.82, 2.24) is 4.72 Å². The highest BCUT2D eigenvalue weighted by molar-refractivity contribution is 7.89. The van der Waals surface area contributed by atoms with E-state index in [-0.39, 0.29) is 22.8 Å². The third-order valence-corrected chi connectivity index (χ3v) is 5.51. The molecule has 128 valence electrons. The lowest BCUT2D eigenvalue weighted by Crippen LogP contribution is -2.32. The monoisotopic (exact) mass is 340 g/mol. The summed E-state index contributed by atoms with van der Waals surface area (Å²) < 4.78 is 32.3. The Kier molecular flexibility index (Phi) is 6.15. The quantitative estimate of drug-likeness (QED) is 0.796. The van der Waals surface area contributed by atoms with Gasteiger partial charge in [0, 0.05) is 18.8 Å². The maximum atomic E-state index is 12.3. The molecule has 1 amide bonds. The highest BCUT2D eigenvalue weighted by Crippen LogP contribution is 2.21. The summed E-state index contributed by atoms with van der Waals surface area (Å²) in [6.07, 6.45) is 3.92. The highest BCUT2D eigenvalue weighted by atomic mass is 32.2. The van der Waals surface area contributed by atoms with Crippen molar-refractivity contribution in [2.45, 2.75) is 43.5 Å². The van der Waals surface area contributed by atoms with Crippen LogP contribution in [0.1, 0.15) is 32.6 Å². The van der Waals surface area contributed by atoms with Crippen LogP contribution in [-0.2, 0) is 19.6 Å². The van der Waals surface area contributed by atoms with E-state index in [9.17, 15) is 13.2 Å². The Labute approximate surface area is 137 Å². The van der Waals surface area contributed by atoms with Gasteiger partial charge in [0.25, 0.3) is 0 Å². The van der Waals surface area contributed by atoms with E-state index in [1.54, 1.807) is 26.2 Å². The Morgan fingerprint density at radius 1 is 1.26 bits per heavy atom. The molecular formula is C16H24N2O4S. The van der Waals surface area contributed by atoms with Gasteiger partial charge < -0.3 is 10.1 Å². The van der Waals surface area contributed by atoms with E-state index < -0.39 is 10.0 Å². The van der Waals surface area contributed by atoms with Crippen LogP contribution in [0.3, 0.4) is 0 Å². The van der Waals surface area contributed by atoms with Gasteiger partial charge >= 0.3 is 0 Å². The topological polar surface area (TPSA) is 84.5 Å². The van der Waals surface area contributed by atoms with Crippen LogP contribution in [0.5, 0.6) is 0 Å². The second-order valence-electron chi connectivity index (χ2n) is 5.97. The summed E-state index contributed by atoms with van der Waals surface area (Å²) in [5, 5.41) is 2.74. The van der Waals surface area contributed by atoms with Crippen molar-refractivity contribution in [3.8, 4) is 0 Å². The molecule has 0 bridgehead atoms. The van der Waals surface area contributed by atoms with Crippen LogP contribution in [-0.4, -0.2) is 34.1 Å². The van der Waals surface area contributed by atoms with E-state index in [1.807, 2.05) is 0 Å². The van der Waals surface area contributed by atoms with Crippen molar-refractivity contribution in [1.29, 1.82) is 0 Å². The van der Waals surface area contributed by atoms with Gasteiger partial charge in [0.05, 0.1) is 17.4 Å². The summed E-state index contributed by atoms with van der Waals surface area (Å²) in [5.74, 6) is -0.431. The van der Waals surface area contributed by atoms with Gasteiger partial charge in [0.15, 0.2) is 0 Å². The second kappa shape index (κ2) is 7.90. The lowest BCUT2D eigenvalue weighted by Gasteiger charge is -2.14. The summed E-state index contributed by atoms with van der Waals surface area (Å²) in [6.45, 7) is 2.10. The maximum absolute atomic E-state index is 12.3. The fourth-order valence-corrected chi connectivity index (χ4v) is 3.94. The summed E-state index contributed by atoms with van der Waals surface area (Å²) >= 11 is 0. The van der Waals surface area contributed by atoms with Crippen LogP contribution in [0.15, 0.2) is 29.2 Å². The largest absolute Gasteiger partial charge is 0.384 e. The third-order valence-electron chi connectivity index (χ3n) is 3.97. The molecule has 1 aliphatic carbocycles. The van der Waals surface area contributed by atoms with E-state index >= 15 is 0 Å². The van der Waals surface area contributed by atoms with Crippen LogP contribution in [0.25, 0.3) is 0 Å². The number of benzene rings is 1. The molecule has 1 fully saturated rings. The third kappa shape index (κ3) is 5.02. The van der Waals surface area contributed by atoms with Crippen molar-refractivity contribution in [2.75, 3.05) is 19.0 Å². The fourth-order valence-electron chi connectivity index (χ4n) is 2.64. The van der Waals surface area contributed by atoms with Gasteiger partial charge in [-0.05, 0) is 37.1 Å². The molecule has 1 saturated carbocycles. The van der Waals surface area contributed by atoms with Gasteiger partial charge in [-0.2, -0.15) is 0 Å². The van der Waals surface area contributed by atoms with Crippen molar-refractivity contribution in [3.05, 3.63) is 24.3 Å². The molecule has 1 aromatic rings. The smallest absolute Gasteiger partial charge is 0.240 e. The number of hydrogen-bond donors (Lipinski definition) is 2. The van der Waals surface area contributed by atoms with Crippen LogP contribution in [0.4, 0.5) is 5.69 Å². The van der Waals surface area contributed by atoms with E-state index in [0.717, 1.165) is 25.7 Å². The minimum Gasteiger partial charge on any atom is -0.384 e. The molecule has 0 aromatic heterocycles. The minimum atomic E-state index is -3.50. The number of carbonyl (C=O) groups excluding carboxylic acids is 1. The van der Waals surface area contributed by atoms with Gasteiger partial charge in [-0.15, -0.1) is 0 Å². The SMILES string of the molecule is COCC(C)C(=O)Nc1ccc(S(=O)(=O)NC2CCCC2)cc1. The Morgan fingerprint density at radius 3 is 2.43 bits per heavy atom. The van der Waals surface area contributed by atoms with Crippen LogP contribution < -0.4 is 10.0 Å². The minimum absolute atomic E-state index is 0.0364. The van der Waals surface area contributed by atoms with Gasteiger partial charge in [-0.3, -0.25) is 4.79 Å². The number of amides is 1. The van der Waals surface area contributed by atoms with E-state index in [2.05, 4.69) is 10.0 Å². The molecule has 7 heteroatoms. The van der Waals surface area contributed by atoms with Crippen molar-refractivity contribution in [2.24, 2.45) is 5.92 Å². The standard InChI is InChI=1S/C16H24N2O4S/c1-12(11-22-2)16(19)17-13-7-9-15(10-8-13)23(20,21)18-14-5-3-4-6-14/h7-10,12,14,18H,3-6,11H2,1-2H3,(H,17,19). The zero-order chi connectivity index (χ0) is 16.9. The zero-order valence-electron chi connectivity index (χ0n) is 13.5. The van der Waals surface area contributed by atoms with E-state index in [0.29, 0.717) is 12.3 Å². The number of carbonyl (C=O) groups is 1. The highest BCUT2D eigenvalue weighted by Gasteiger charge is 2.22. The first kappa shape index (κ1) is 17.9. The van der Waals surface area contributed by atoms with Crippen LogP contribution in [0, 0.1) is 5.92 Å². The number of rotatable bonds is 7. The first-order valence-electron chi connectivity index (χ1n) is 7.84. The molecule has 1 unspecified atom stereocenters. The first-order chi connectivity index (χ1) is 10.9. The molecule has 1 aliphatic rings. The van der Waals surface area contributed by atoms with E-state index in [4.69, 9.17) is 4.74 Å². The average molecular weight is 340 g/mol. The number of hydrogen-bond acceptors (Lipinski definition) is 4. The summed E-state index contributed by atoms with van der Waals surface area (Å²) in [6, 6.07) is 6.25. The molecular weight excluding hydrogens is 316 g/mol. The van der Waals surface area contributed by atoms with Gasteiger partial charge in [-0.25, -0.2) is 13.1 Å². The van der Waals surface area contributed by atoms with Crippen LogP contribution in [0.2, 0.25) is 0 Å². The summed E-state index contributed by atoms with van der Waals surface area (Å²) in [4.78, 5) is 12.1. The lowest BCUT2D eigenvalue weighted by molar-refractivity contribution is -0.120. The number of sulfonamides is 1. The second-order valence-corrected chi connectivity index (χ2v) is 7.69. The van der Waals surface area contributed by atoms with Crippen molar-refractivity contribution >= 4 is 21.6 Å². The zero-order valence-corrected chi connectivity index (χ0v) is 14.4. The Hall–Kier alpha value is -1.44. The number of nitrogens with one attached hydrogen (secondary N) is 2. The number of methoxy groups -OCH3 is 1. The molecule has 0 spiro atoms. The van der Waals surface area contributed by atoms with Crippen molar-refractivity contribution in [3.63, 3.8) is 0 Å². The average Bonchev–Trinajstić information content (AvgIpc) is 3.00. The molecule has 0 saturated heterocycles. The predicted octanol–water partition coefficient (Wildman–Crippen LogP) is 2.13. The molecule has 0 radical (unpaired) electrons. The summed E-state index contributed by atoms with van der Waals surface area (Å²) in [5.41, 5.74) is 0.567. The van der Waals surface area contributed by atoms with Crippen molar-refractivity contribution < 1.29 is 17.9 Å². The van der Waals surface area contributed by atoms with Gasteiger partial charge in [0.1, 0.15) is 0 Å². The Bertz CT molecular complexity index is 622. The van der Waals surface area contributed by atoms with Gasteiger partial charge in [-0.1, -0.05) is 19.8 Å². The predicted molar refractivity (Wildman–Crippen MR) is 88.7 cm³/mol. The Morgan fingerprint density at radius 2 is 1.87 bits per heavy atom.